The van der Waals surface area contributed by atoms with E-state index in [4.69, 9.17) is 0 Å². The lowest BCUT2D eigenvalue weighted by Gasteiger charge is -2.23. The summed E-state index contributed by atoms with van der Waals surface area (Å²) in [6.07, 6.45) is 3.80. The van der Waals surface area contributed by atoms with Crippen LogP contribution in [0.3, 0.4) is 0 Å². The molecule has 0 aromatic heterocycles. The molecule has 88 valence electrons. The normalized spacial score (nSPS) is 17.9. The van der Waals surface area contributed by atoms with E-state index in [1.807, 2.05) is 0 Å². The molecule has 1 heteroatoms. The second-order valence-electron chi connectivity index (χ2n) is 5.37. The molecule has 1 aromatic carbocycles. The molecule has 16 heavy (non-hydrogen) atoms. The van der Waals surface area contributed by atoms with Gasteiger partial charge in [-0.05, 0) is 55.3 Å². The summed E-state index contributed by atoms with van der Waals surface area (Å²) in [4.78, 5) is 0. The molecule has 1 aliphatic rings. The monoisotopic (exact) mass is 217 g/mol. The molecular formula is C15H23N. The molecule has 0 radical (unpaired) electrons. The van der Waals surface area contributed by atoms with Crippen molar-refractivity contribution < 1.29 is 0 Å². The van der Waals surface area contributed by atoms with E-state index >= 15 is 0 Å². The van der Waals surface area contributed by atoms with Crippen molar-refractivity contribution >= 4 is 0 Å². The number of hydrogen-bond acceptors (Lipinski definition) is 1. The zero-order valence-electron chi connectivity index (χ0n) is 10.5. The first kappa shape index (κ1) is 11.7. The highest BCUT2D eigenvalue weighted by Gasteiger charge is 2.15. The minimum absolute atomic E-state index is 0.753. The van der Waals surface area contributed by atoms with Crippen LogP contribution in [0.4, 0.5) is 0 Å². The molecule has 1 N–H and O–H groups in total. The summed E-state index contributed by atoms with van der Waals surface area (Å²) in [7, 11) is 0. The number of hydrogen-bond donors (Lipinski definition) is 1. The lowest BCUT2D eigenvalue weighted by atomic mass is 9.88. The first-order valence-corrected chi connectivity index (χ1v) is 6.55. The molecule has 0 spiro atoms. The number of rotatable bonds is 3. The Balaban J connectivity index is 2.08. The summed E-state index contributed by atoms with van der Waals surface area (Å²) < 4.78 is 0. The summed E-state index contributed by atoms with van der Waals surface area (Å²) in [5, 5.41) is 3.43. The van der Waals surface area contributed by atoms with Gasteiger partial charge in [0.15, 0.2) is 0 Å². The Hall–Kier alpha value is -0.820. The Bertz CT molecular complexity index is 324. The van der Waals surface area contributed by atoms with Crippen molar-refractivity contribution in [3.8, 4) is 0 Å². The average Bonchev–Trinajstić information content (AvgIpc) is 2.30. The summed E-state index contributed by atoms with van der Waals surface area (Å²) in [6, 6.07) is 9.23. The third-order valence-electron chi connectivity index (χ3n) is 3.41. The van der Waals surface area contributed by atoms with Crippen molar-refractivity contribution in [3.63, 3.8) is 0 Å². The summed E-state index contributed by atoms with van der Waals surface area (Å²) >= 11 is 0. The third kappa shape index (κ3) is 3.08. The van der Waals surface area contributed by atoms with Crippen LogP contribution in [0.1, 0.15) is 43.7 Å². The second-order valence-corrected chi connectivity index (χ2v) is 5.37. The van der Waals surface area contributed by atoms with Gasteiger partial charge in [-0.1, -0.05) is 38.1 Å². The van der Waals surface area contributed by atoms with Crippen molar-refractivity contribution in [2.75, 3.05) is 13.1 Å². The summed E-state index contributed by atoms with van der Waals surface area (Å²) in [5.74, 6) is 1.54. The molecule has 0 atom stereocenters. The van der Waals surface area contributed by atoms with Gasteiger partial charge in [-0.25, -0.2) is 0 Å². The first-order valence-electron chi connectivity index (χ1n) is 6.55. The topological polar surface area (TPSA) is 12.0 Å². The molecule has 1 aromatic rings. The van der Waals surface area contributed by atoms with E-state index in [-0.39, 0.29) is 0 Å². The Kier molecular flexibility index (Phi) is 4.00. The van der Waals surface area contributed by atoms with Gasteiger partial charge in [0, 0.05) is 0 Å². The van der Waals surface area contributed by atoms with Gasteiger partial charge in [0.1, 0.15) is 0 Å². The van der Waals surface area contributed by atoms with Crippen LogP contribution < -0.4 is 5.32 Å². The SMILES string of the molecule is CC(C)Cc1cccc(C2CCNCC2)c1. The summed E-state index contributed by atoms with van der Waals surface area (Å²) in [6.45, 7) is 6.94. The Labute approximate surface area is 99.3 Å². The maximum Gasteiger partial charge on any atom is -0.00431 e. The van der Waals surface area contributed by atoms with Gasteiger partial charge in [0.25, 0.3) is 0 Å². The molecular weight excluding hydrogens is 194 g/mol. The van der Waals surface area contributed by atoms with Crippen molar-refractivity contribution in [2.45, 2.75) is 39.0 Å². The molecule has 1 nitrogen and oxygen atoms in total. The van der Waals surface area contributed by atoms with Gasteiger partial charge in [-0.3, -0.25) is 0 Å². The molecule has 0 saturated carbocycles. The number of benzene rings is 1. The van der Waals surface area contributed by atoms with Crippen LogP contribution >= 0.6 is 0 Å². The molecule has 0 unspecified atom stereocenters. The minimum atomic E-state index is 0.753. The molecule has 0 bridgehead atoms. The van der Waals surface area contributed by atoms with Crippen molar-refractivity contribution in [1.29, 1.82) is 0 Å². The quantitative estimate of drug-likeness (QED) is 0.818. The highest BCUT2D eigenvalue weighted by Crippen LogP contribution is 2.26. The highest BCUT2D eigenvalue weighted by atomic mass is 14.9. The van der Waals surface area contributed by atoms with E-state index in [0.717, 1.165) is 11.8 Å². The zero-order chi connectivity index (χ0) is 11.4. The predicted molar refractivity (Wildman–Crippen MR) is 69.8 cm³/mol. The van der Waals surface area contributed by atoms with Gasteiger partial charge in [0.05, 0.1) is 0 Å². The molecule has 1 saturated heterocycles. The van der Waals surface area contributed by atoms with Gasteiger partial charge in [0.2, 0.25) is 0 Å². The largest absolute Gasteiger partial charge is 0.317 e. The molecule has 2 rings (SSSR count). The molecule has 1 fully saturated rings. The van der Waals surface area contributed by atoms with Crippen LogP contribution in [0.15, 0.2) is 24.3 Å². The van der Waals surface area contributed by atoms with Crippen molar-refractivity contribution in [1.82, 2.24) is 5.32 Å². The molecule has 0 amide bonds. The zero-order valence-corrected chi connectivity index (χ0v) is 10.5. The molecule has 1 aliphatic heterocycles. The van der Waals surface area contributed by atoms with E-state index in [1.165, 1.54) is 37.9 Å². The fourth-order valence-corrected chi connectivity index (χ4v) is 2.60. The highest BCUT2D eigenvalue weighted by molar-refractivity contribution is 5.27. The lowest BCUT2D eigenvalue weighted by molar-refractivity contribution is 0.460. The number of nitrogens with one attached hydrogen (secondary N) is 1. The Morgan fingerprint density at radius 1 is 1.25 bits per heavy atom. The van der Waals surface area contributed by atoms with Crippen LogP contribution in [0.5, 0.6) is 0 Å². The molecule has 1 heterocycles. The van der Waals surface area contributed by atoms with Crippen LogP contribution in [0.25, 0.3) is 0 Å². The fraction of sp³-hybridized carbons (Fsp3) is 0.600. The smallest absolute Gasteiger partial charge is 0.00431 e. The van der Waals surface area contributed by atoms with Crippen LogP contribution in [-0.2, 0) is 6.42 Å². The van der Waals surface area contributed by atoms with E-state index in [1.54, 1.807) is 5.56 Å². The lowest BCUT2D eigenvalue weighted by Crippen LogP contribution is -2.26. The Morgan fingerprint density at radius 2 is 2.00 bits per heavy atom. The third-order valence-corrected chi connectivity index (χ3v) is 3.41. The minimum Gasteiger partial charge on any atom is -0.317 e. The van der Waals surface area contributed by atoms with E-state index < -0.39 is 0 Å². The maximum absolute atomic E-state index is 3.43. The molecule has 0 aliphatic carbocycles. The second kappa shape index (κ2) is 5.49. The standard InChI is InChI=1S/C15H23N/c1-12(2)10-13-4-3-5-15(11-13)14-6-8-16-9-7-14/h3-5,11-12,14,16H,6-10H2,1-2H3. The fourth-order valence-electron chi connectivity index (χ4n) is 2.60. The van der Waals surface area contributed by atoms with Crippen LogP contribution in [0.2, 0.25) is 0 Å². The van der Waals surface area contributed by atoms with Gasteiger partial charge < -0.3 is 5.32 Å². The van der Waals surface area contributed by atoms with Crippen molar-refractivity contribution in [3.05, 3.63) is 35.4 Å². The Morgan fingerprint density at radius 3 is 2.69 bits per heavy atom. The van der Waals surface area contributed by atoms with Crippen molar-refractivity contribution in [2.24, 2.45) is 5.92 Å². The van der Waals surface area contributed by atoms with Crippen LogP contribution in [-0.4, -0.2) is 13.1 Å². The average molecular weight is 217 g/mol. The number of piperidine rings is 1. The maximum atomic E-state index is 3.43. The van der Waals surface area contributed by atoms with Gasteiger partial charge in [-0.15, -0.1) is 0 Å². The first-order chi connectivity index (χ1) is 7.75. The van der Waals surface area contributed by atoms with Gasteiger partial charge in [-0.2, -0.15) is 0 Å². The van der Waals surface area contributed by atoms with E-state index in [9.17, 15) is 0 Å². The van der Waals surface area contributed by atoms with E-state index in [0.29, 0.717) is 0 Å². The predicted octanol–water partition coefficient (Wildman–Crippen LogP) is 3.35. The van der Waals surface area contributed by atoms with E-state index in [2.05, 4.69) is 43.4 Å². The van der Waals surface area contributed by atoms with Gasteiger partial charge >= 0.3 is 0 Å². The summed E-state index contributed by atoms with van der Waals surface area (Å²) in [5.41, 5.74) is 3.06. The van der Waals surface area contributed by atoms with Crippen LogP contribution in [0, 0.1) is 5.92 Å².